The van der Waals surface area contributed by atoms with Crippen LogP contribution in [0.2, 0.25) is 0 Å². The van der Waals surface area contributed by atoms with Crippen molar-refractivity contribution < 1.29 is 0 Å². The van der Waals surface area contributed by atoms with Crippen LogP contribution in [-0.4, -0.2) is 7.28 Å². The molecule has 0 nitrogen and oxygen atoms in total. The van der Waals surface area contributed by atoms with Gasteiger partial charge in [-0.2, -0.15) is 0 Å². The smallest absolute Gasteiger partial charge is 0.0996 e. The van der Waals surface area contributed by atoms with Gasteiger partial charge in [0.25, 0.3) is 0 Å². The van der Waals surface area contributed by atoms with E-state index < -0.39 is 0 Å². The molecule has 0 aromatic carbocycles. The van der Waals surface area contributed by atoms with Gasteiger partial charge in [0.15, 0.2) is 7.28 Å². The first-order chi connectivity index (χ1) is 8.28. The molecule has 0 unspecified atom stereocenters. The third kappa shape index (κ3) is 8.09. The summed E-state index contributed by atoms with van der Waals surface area (Å²) in [5.41, 5.74) is 2.22. The summed E-state index contributed by atoms with van der Waals surface area (Å²) in [6.07, 6.45) is 19.6. The molecule has 0 aromatic rings. The van der Waals surface area contributed by atoms with E-state index in [0.29, 0.717) is 0 Å². The molecule has 1 heteroatoms. The largest absolute Gasteiger partial charge is 0.190 e. The molecule has 0 spiro atoms. The number of hydrogen-bond acceptors (Lipinski definition) is 0. The van der Waals surface area contributed by atoms with Crippen LogP contribution in [-0.2, 0) is 0 Å². The van der Waals surface area contributed by atoms with E-state index in [-0.39, 0.29) is 0 Å². The van der Waals surface area contributed by atoms with Crippen LogP contribution in [0.3, 0.4) is 0 Å². The molecule has 0 rings (SSSR count). The van der Waals surface area contributed by atoms with Gasteiger partial charge in [-0.05, 0) is 13.8 Å². The Morgan fingerprint density at radius 1 is 0.941 bits per heavy atom. The Balaban J connectivity index is 4.64. The van der Waals surface area contributed by atoms with Crippen LogP contribution in [0.15, 0.2) is 84.9 Å². The molecule has 0 aliphatic heterocycles. The average molecular weight is 223 g/mol. The average Bonchev–Trinajstić information content (AvgIpc) is 2.36. The summed E-state index contributed by atoms with van der Waals surface area (Å²) in [6.45, 7) is 11.4. The van der Waals surface area contributed by atoms with Gasteiger partial charge >= 0.3 is 0 Å². The van der Waals surface area contributed by atoms with E-state index in [0.717, 1.165) is 10.9 Å². The van der Waals surface area contributed by atoms with Gasteiger partial charge in [0, 0.05) is 0 Å². The first-order valence-corrected chi connectivity index (χ1v) is 5.70. The molecular weight excluding hydrogens is 203 g/mol. The summed E-state index contributed by atoms with van der Waals surface area (Å²) in [5, 5.41) is 0. The van der Waals surface area contributed by atoms with Crippen molar-refractivity contribution in [3.8, 4) is 0 Å². The number of allylic oxidation sites excluding steroid dienone is 12. The predicted octanol–water partition coefficient (Wildman–Crippen LogP) is 4.54. The summed E-state index contributed by atoms with van der Waals surface area (Å²) >= 11 is 0. The molecule has 0 aliphatic carbocycles. The summed E-state index contributed by atoms with van der Waals surface area (Å²) in [5.74, 6) is 0. The molecule has 17 heavy (non-hydrogen) atoms. The minimum absolute atomic E-state index is 1.07. The van der Waals surface area contributed by atoms with Crippen molar-refractivity contribution in [1.82, 2.24) is 0 Å². The highest BCUT2D eigenvalue weighted by Gasteiger charge is 1.97. The zero-order chi connectivity index (χ0) is 12.9. The minimum atomic E-state index is 1.07. The second kappa shape index (κ2) is 10.8. The SMILES string of the molecule is C=C/C=C\C=C(\[B]C(/C=C\C=C/C)=C/C)C=C. The van der Waals surface area contributed by atoms with Gasteiger partial charge < -0.3 is 0 Å². The van der Waals surface area contributed by atoms with Crippen LogP contribution in [0.4, 0.5) is 0 Å². The molecule has 0 amide bonds. The standard InChI is InChI=1S/C16H20B/c1-5-9-11-13-15(7-3)17-16(8-4)14-12-10-6-2/h5-14H,1,3H2,2,4H3/b10-6-,11-9-,14-12-,15-13+,16-8+. The van der Waals surface area contributed by atoms with Crippen LogP contribution in [0.25, 0.3) is 0 Å². The maximum atomic E-state index is 3.80. The lowest BCUT2D eigenvalue weighted by atomic mass is 9.62. The molecule has 0 N–H and O–H groups in total. The highest BCUT2D eigenvalue weighted by atomic mass is 13.8. The van der Waals surface area contributed by atoms with E-state index in [4.69, 9.17) is 0 Å². The normalized spacial score (nSPS) is 13.8. The Morgan fingerprint density at radius 2 is 1.71 bits per heavy atom. The Kier molecular flexibility index (Phi) is 9.64. The van der Waals surface area contributed by atoms with Gasteiger partial charge in [-0.3, -0.25) is 0 Å². The van der Waals surface area contributed by atoms with E-state index in [1.807, 2.05) is 56.4 Å². The first-order valence-electron chi connectivity index (χ1n) is 5.70. The minimum Gasteiger partial charge on any atom is -0.0996 e. The lowest BCUT2D eigenvalue weighted by Gasteiger charge is -2.00. The van der Waals surface area contributed by atoms with Gasteiger partial charge in [0.2, 0.25) is 0 Å². The molecule has 0 aromatic heterocycles. The number of hydrogen-bond donors (Lipinski definition) is 0. The van der Waals surface area contributed by atoms with E-state index in [2.05, 4.69) is 32.6 Å². The Hall–Kier alpha value is -1.76. The summed E-state index contributed by atoms with van der Waals surface area (Å²) in [6, 6.07) is 0. The molecule has 0 saturated heterocycles. The number of rotatable bonds is 7. The van der Waals surface area contributed by atoms with Crippen LogP contribution in [0.5, 0.6) is 0 Å². The predicted molar refractivity (Wildman–Crippen MR) is 81.1 cm³/mol. The molecular formula is C16H20B. The topological polar surface area (TPSA) is 0 Å². The van der Waals surface area contributed by atoms with E-state index in [9.17, 15) is 0 Å². The summed E-state index contributed by atoms with van der Waals surface area (Å²) in [7, 11) is 2.08. The third-order valence-corrected chi connectivity index (χ3v) is 2.03. The quantitative estimate of drug-likeness (QED) is 0.439. The zero-order valence-corrected chi connectivity index (χ0v) is 10.8. The fraction of sp³-hybridized carbons (Fsp3) is 0.125. The Morgan fingerprint density at radius 3 is 2.24 bits per heavy atom. The maximum Gasteiger partial charge on any atom is 0.190 e. The molecule has 0 fully saturated rings. The van der Waals surface area contributed by atoms with E-state index in [1.54, 1.807) is 6.08 Å². The Labute approximate surface area is 106 Å². The van der Waals surface area contributed by atoms with E-state index >= 15 is 0 Å². The second-order valence-corrected chi connectivity index (χ2v) is 3.31. The molecule has 0 aliphatic rings. The molecule has 0 saturated carbocycles. The summed E-state index contributed by atoms with van der Waals surface area (Å²) < 4.78 is 0. The van der Waals surface area contributed by atoms with Gasteiger partial charge in [-0.1, -0.05) is 84.9 Å². The monoisotopic (exact) mass is 223 g/mol. The molecule has 0 heterocycles. The van der Waals surface area contributed by atoms with Crippen LogP contribution >= 0.6 is 0 Å². The molecule has 1 radical (unpaired) electrons. The van der Waals surface area contributed by atoms with Crippen LogP contribution < -0.4 is 0 Å². The van der Waals surface area contributed by atoms with Crippen LogP contribution in [0, 0.1) is 0 Å². The highest BCUT2D eigenvalue weighted by molar-refractivity contribution is 6.55. The van der Waals surface area contributed by atoms with Gasteiger partial charge in [0.05, 0.1) is 0 Å². The van der Waals surface area contributed by atoms with Crippen molar-refractivity contribution in [3.05, 3.63) is 84.9 Å². The fourth-order valence-corrected chi connectivity index (χ4v) is 1.12. The van der Waals surface area contributed by atoms with Gasteiger partial charge in [-0.15, -0.1) is 0 Å². The zero-order valence-electron chi connectivity index (χ0n) is 10.8. The molecule has 0 bridgehead atoms. The van der Waals surface area contributed by atoms with Crippen molar-refractivity contribution in [2.45, 2.75) is 13.8 Å². The van der Waals surface area contributed by atoms with Crippen LogP contribution in [0.1, 0.15) is 13.8 Å². The maximum absolute atomic E-state index is 3.80. The Bertz CT molecular complexity index is 376. The molecule has 87 valence electrons. The van der Waals surface area contributed by atoms with Crippen molar-refractivity contribution in [2.75, 3.05) is 0 Å². The summed E-state index contributed by atoms with van der Waals surface area (Å²) in [4.78, 5) is 0. The van der Waals surface area contributed by atoms with Crippen molar-refractivity contribution in [1.29, 1.82) is 0 Å². The lowest BCUT2D eigenvalue weighted by Crippen LogP contribution is -1.96. The second-order valence-electron chi connectivity index (χ2n) is 3.31. The fourth-order valence-electron chi connectivity index (χ4n) is 1.12. The first kappa shape index (κ1) is 15.2. The van der Waals surface area contributed by atoms with E-state index in [1.165, 1.54) is 0 Å². The van der Waals surface area contributed by atoms with Gasteiger partial charge in [0.1, 0.15) is 0 Å². The third-order valence-electron chi connectivity index (χ3n) is 2.03. The van der Waals surface area contributed by atoms with Crippen molar-refractivity contribution >= 4 is 7.28 Å². The van der Waals surface area contributed by atoms with Crippen molar-refractivity contribution in [3.63, 3.8) is 0 Å². The highest BCUT2D eigenvalue weighted by Crippen LogP contribution is 2.04. The molecule has 0 atom stereocenters. The lowest BCUT2D eigenvalue weighted by molar-refractivity contribution is 1.66. The van der Waals surface area contributed by atoms with Gasteiger partial charge in [-0.25, -0.2) is 0 Å². The van der Waals surface area contributed by atoms with Crippen molar-refractivity contribution in [2.24, 2.45) is 0 Å².